The third-order valence-corrected chi connectivity index (χ3v) is 3.45. The summed E-state index contributed by atoms with van der Waals surface area (Å²) in [5.41, 5.74) is 0. The Kier molecular flexibility index (Phi) is 11.9. The molecule has 3 N–H and O–H groups in total. The number of halogens is 1. The first-order valence-corrected chi connectivity index (χ1v) is 7.47. The van der Waals surface area contributed by atoms with Gasteiger partial charge in [-0.05, 0) is 25.2 Å². The molecule has 0 aromatic carbocycles. The molecule has 6 heteroatoms. The molecule has 0 atom stereocenters. The van der Waals surface area contributed by atoms with Gasteiger partial charge in [-0.3, -0.25) is 9.79 Å². The molecular weight excluding hydrogens is 367 g/mol. The summed E-state index contributed by atoms with van der Waals surface area (Å²) in [6, 6.07) is 0. The fourth-order valence-corrected chi connectivity index (χ4v) is 2.40. The average molecular weight is 396 g/mol. The number of hydrogen-bond acceptors (Lipinski definition) is 2. The maximum Gasteiger partial charge on any atom is 0.220 e. The quantitative estimate of drug-likeness (QED) is 0.267. The third kappa shape index (κ3) is 8.60. The molecule has 0 aromatic heterocycles. The molecule has 0 aliphatic heterocycles. The lowest BCUT2D eigenvalue weighted by molar-refractivity contribution is -0.121. The van der Waals surface area contributed by atoms with Crippen molar-refractivity contribution in [3.05, 3.63) is 0 Å². The fourth-order valence-electron chi connectivity index (χ4n) is 2.40. The lowest BCUT2D eigenvalue weighted by atomic mass is 10.0. The second-order valence-electron chi connectivity index (χ2n) is 5.13. The first-order chi connectivity index (χ1) is 9.26. The van der Waals surface area contributed by atoms with Gasteiger partial charge in [-0.2, -0.15) is 0 Å². The van der Waals surface area contributed by atoms with E-state index in [0.29, 0.717) is 25.4 Å². The van der Waals surface area contributed by atoms with E-state index in [0.717, 1.165) is 18.9 Å². The monoisotopic (exact) mass is 396 g/mol. The van der Waals surface area contributed by atoms with E-state index in [1.54, 1.807) is 7.05 Å². The van der Waals surface area contributed by atoms with Crippen LogP contribution in [0.5, 0.6) is 0 Å². The van der Waals surface area contributed by atoms with E-state index in [4.69, 9.17) is 0 Å². The van der Waals surface area contributed by atoms with Crippen LogP contribution in [-0.4, -0.2) is 38.5 Å². The molecule has 118 valence electrons. The Morgan fingerprint density at radius 3 is 2.30 bits per heavy atom. The molecule has 0 radical (unpaired) electrons. The normalized spacial score (nSPS) is 15.6. The van der Waals surface area contributed by atoms with E-state index < -0.39 is 0 Å². The van der Waals surface area contributed by atoms with E-state index in [9.17, 15) is 4.79 Å². The van der Waals surface area contributed by atoms with Gasteiger partial charge in [-0.15, -0.1) is 24.0 Å². The number of aliphatic imine (C=N–C) groups is 1. The lowest BCUT2D eigenvalue weighted by Gasteiger charge is -2.12. The van der Waals surface area contributed by atoms with Gasteiger partial charge in [0.25, 0.3) is 0 Å². The predicted molar refractivity (Wildman–Crippen MR) is 94.7 cm³/mol. The van der Waals surface area contributed by atoms with Crippen molar-refractivity contribution < 1.29 is 4.79 Å². The molecule has 1 aliphatic rings. The highest BCUT2D eigenvalue weighted by atomic mass is 127. The fraction of sp³-hybridized carbons (Fsp3) is 0.857. The van der Waals surface area contributed by atoms with Crippen LogP contribution in [0.2, 0.25) is 0 Å². The lowest BCUT2D eigenvalue weighted by Crippen LogP contribution is -2.41. The predicted octanol–water partition coefficient (Wildman–Crippen LogP) is 1.88. The number of amides is 1. The minimum Gasteiger partial charge on any atom is -0.356 e. The number of nitrogens with one attached hydrogen (secondary N) is 3. The SMILES string of the molecule is CCCNC(=NC)NCCNC(=O)CC1CCCC1.I. The van der Waals surface area contributed by atoms with E-state index in [1.165, 1.54) is 25.7 Å². The number of carbonyl (C=O) groups excluding carboxylic acids is 1. The van der Waals surface area contributed by atoms with Gasteiger partial charge < -0.3 is 16.0 Å². The highest BCUT2D eigenvalue weighted by Gasteiger charge is 2.17. The Labute approximate surface area is 139 Å². The summed E-state index contributed by atoms with van der Waals surface area (Å²) in [5.74, 6) is 1.60. The van der Waals surface area contributed by atoms with Crippen molar-refractivity contribution in [3.63, 3.8) is 0 Å². The van der Waals surface area contributed by atoms with Crippen molar-refractivity contribution >= 4 is 35.8 Å². The molecule has 20 heavy (non-hydrogen) atoms. The Bertz CT molecular complexity index is 291. The highest BCUT2D eigenvalue weighted by Crippen LogP contribution is 2.27. The summed E-state index contributed by atoms with van der Waals surface area (Å²) in [6.07, 6.45) is 6.79. The Morgan fingerprint density at radius 2 is 1.70 bits per heavy atom. The van der Waals surface area contributed by atoms with Crippen LogP contribution >= 0.6 is 24.0 Å². The summed E-state index contributed by atoms with van der Waals surface area (Å²) in [7, 11) is 1.75. The minimum absolute atomic E-state index is 0. The average Bonchev–Trinajstić information content (AvgIpc) is 2.90. The number of guanidine groups is 1. The Balaban J connectivity index is 0.00000361. The van der Waals surface area contributed by atoms with Gasteiger partial charge in [0.2, 0.25) is 5.91 Å². The third-order valence-electron chi connectivity index (χ3n) is 3.45. The van der Waals surface area contributed by atoms with Crippen molar-refractivity contribution in [1.29, 1.82) is 0 Å². The number of rotatable bonds is 7. The Morgan fingerprint density at radius 1 is 1.10 bits per heavy atom. The summed E-state index contributed by atoms with van der Waals surface area (Å²) in [4.78, 5) is 15.8. The maximum absolute atomic E-state index is 11.7. The molecule has 0 saturated heterocycles. The van der Waals surface area contributed by atoms with Gasteiger partial charge >= 0.3 is 0 Å². The van der Waals surface area contributed by atoms with Crippen molar-refractivity contribution in [1.82, 2.24) is 16.0 Å². The molecule has 1 aliphatic carbocycles. The summed E-state index contributed by atoms with van der Waals surface area (Å²) >= 11 is 0. The summed E-state index contributed by atoms with van der Waals surface area (Å²) in [5, 5.41) is 9.33. The molecule has 0 heterocycles. The largest absolute Gasteiger partial charge is 0.356 e. The number of carbonyl (C=O) groups is 1. The highest BCUT2D eigenvalue weighted by molar-refractivity contribution is 14.0. The molecule has 0 aromatic rings. The zero-order valence-electron chi connectivity index (χ0n) is 12.7. The van der Waals surface area contributed by atoms with Crippen molar-refractivity contribution in [2.75, 3.05) is 26.7 Å². The topological polar surface area (TPSA) is 65.5 Å². The Hall–Kier alpha value is -0.530. The van der Waals surface area contributed by atoms with E-state index in [-0.39, 0.29) is 29.9 Å². The van der Waals surface area contributed by atoms with Gasteiger partial charge in [0.15, 0.2) is 5.96 Å². The molecule has 1 fully saturated rings. The molecule has 1 rings (SSSR count). The molecule has 5 nitrogen and oxygen atoms in total. The number of nitrogens with zero attached hydrogens (tertiary/aromatic N) is 1. The van der Waals surface area contributed by atoms with Gasteiger partial charge in [0.05, 0.1) is 0 Å². The second-order valence-corrected chi connectivity index (χ2v) is 5.13. The van der Waals surface area contributed by atoms with Gasteiger partial charge in [0, 0.05) is 33.1 Å². The standard InChI is InChI=1S/C14H28N4O.HI/c1-3-8-17-14(15-2)18-10-9-16-13(19)11-12-6-4-5-7-12;/h12H,3-11H2,1-2H3,(H,16,19)(H2,15,17,18);1H. The molecule has 0 spiro atoms. The molecule has 0 unspecified atom stereocenters. The van der Waals surface area contributed by atoms with Crippen molar-refractivity contribution in [2.24, 2.45) is 10.9 Å². The summed E-state index contributed by atoms with van der Waals surface area (Å²) in [6.45, 7) is 4.38. The van der Waals surface area contributed by atoms with Crippen LogP contribution in [0, 0.1) is 5.92 Å². The smallest absolute Gasteiger partial charge is 0.220 e. The zero-order chi connectivity index (χ0) is 13.9. The molecule has 0 bridgehead atoms. The van der Waals surface area contributed by atoms with E-state index in [2.05, 4.69) is 27.9 Å². The van der Waals surface area contributed by atoms with E-state index >= 15 is 0 Å². The second kappa shape index (κ2) is 12.2. The first kappa shape index (κ1) is 19.5. The molecule has 1 amide bonds. The van der Waals surface area contributed by atoms with Crippen LogP contribution in [0.4, 0.5) is 0 Å². The van der Waals surface area contributed by atoms with Crippen LogP contribution < -0.4 is 16.0 Å². The van der Waals surface area contributed by atoms with Gasteiger partial charge in [-0.25, -0.2) is 0 Å². The molecular formula is C14H29IN4O. The van der Waals surface area contributed by atoms with Crippen molar-refractivity contribution in [3.8, 4) is 0 Å². The van der Waals surface area contributed by atoms with Crippen LogP contribution in [-0.2, 0) is 4.79 Å². The van der Waals surface area contributed by atoms with Gasteiger partial charge in [-0.1, -0.05) is 19.8 Å². The van der Waals surface area contributed by atoms with Crippen molar-refractivity contribution in [2.45, 2.75) is 45.4 Å². The minimum atomic E-state index is 0. The van der Waals surface area contributed by atoms with Crippen LogP contribution in [0.3, 0.4) is 0 Å². The van der Waals surface area contributed by atoms with Crippen LogP contribution in [0.15, 0.2) is 4.99 Å². The van der Waals surface area contributed by atoms with Gasteiger partial charge in [0.1, 0.15) is 0 Å². The van der Waals surface area contributed by atoms with Crippen LogP contribution in [0.1, 0.15) is 45.4 Å². The van der Waals surface area contributed by atoms with E-state index in [1.807, 2.05) is 0 Å². The molecule has 1 saturated carbocycles. The maximum atomic E-state index is 11.7. The first-order valence-electron chi connectivity index (χ1n) is 7.47. The number of hydrogen-bond donors (Lipinski definition) is 3. The zero-order valence-corrected chi connectivity index (χ0v) is 15.0. The summed E-state index contributed by atoms with van der Waals surface area (Å²) < 4.78 is 0. The van der Waals surface area contributed by atoms with Crippen LogP contribution in [0.25, 0.3) is 0 Å².